The second-order valence-electron chi connectivity index (χ2n) is 6.68. The van der Waals surface area contributed by atoms with E-state index < -0.39 is 0 Å². The molecule has 1 aromatic carbocycles. The number of fused-ring (bicyclic) bond motifs is 1. The summed E-state index contributed by atoms with van der Waals surface area (Å²) in [5.74, 6) is 0.535. The summed E-state index contributed by atoms with van der Waals surface area (Å²) in [5, 5.41) is 10.4. The topological polar surface area (TPSA) is 49.0 Å². The number of hydrogen-bond acceptors (Lipinski definition) is 4. The Bertz CT molecular complexity index is 823. The van der Waals surface area contributed by atoms with Crippen molar-refractivity contribution in [2.24, 2.45) is 5.92 Å². The molecule has 4 nitrogen and oxygen atoms in total. The third-order valence-electron chi connectivity index (χ3n) is 4.83. The van der Waals surface area contributed by atoms with Crippen molar-refractivity contribution in [2.75, 3.05) is 17.2 Å². The fourth-order valence-electron chi connectivity index (χ4n) is 3.49. The molecule has 0 saturated heterocycles. The standard InChI is InChI=1S/C22H24N4/c1-2-9-22-21(8-1)17(16-25-22)5-4-12-24-19-6-3-7-20(15-19)26-18-10-13-23-14-11-18/h1-3,6-11,13-16,21-22,24-25H,4-5,12H2,(H,23,26). The first-order valence-corrected chi connectivity index (χ1v) is 9.19. The highest BCUT2D eigenvalue weighted by Crippen LogP contribution is 2.29. The van der Waals surface area contributed by atoms with Crippen LogP contribution in [0.2, 0.25) is 0 Å². The summed E-state index contributed by atoms with van der Waals surface area (Å²) in [6, 6.07) is 12.8. The van der Waals surface area contributed by atoms with Crippen molar-refractivity contribution in [2.45, 2.75) is 18.9 Å². The molecule has 2 heterocycles. The Morgan fingerprint density at radius 3 is 2.73 bits per heavy atom. The van der Waals surface area contributed by atoms with Gasteiger partial charge in [-0.3, -0.25) is 4.98 Å². The highest BCUT2D eigenvalue weighted by Gasteiger charge is 2.25. The summed E-state index contributed by atoms with van der Waals surface area (Å²) in [7, 11) is 0. The van der Waals surface area contributed by atoms with Crippen LogP contribution in [0.4, 0.5) is 17.1 Å². The SMILES string of the molecule is C1=CC2NC=C(CCCNc3cccc(Nc4ccncc4)c3)C2C=C1. The molecule has 2 aliphatic rings. The molecule has 1 aliphatic heterocycles. The van der Waals surface area contributed by atoms with E-state index >= 15 is 0 Å². The van der Waals surface area contributed by atoms with Crippen molar-refractivity contribution in [3.63, 3.8) is 0 Å². The van der Waals surface area contributed by atoms with E-state index in [0.29, 0.717) is 12.0 Å². The Hall–Kier alpha value is -3.01. The van der Waals surface area contributed by atoms with Crippen molar-refractivity contribution >= 4 is 17.1 Å². The molecule has 3 N–H and O–H groups in total. The molecular weight excluding hydrogens is 320 g/mol. The van der Waals surface area contributed by atoms with Crippen molar-refractivity contribution in [3.8, 4) is 0 Å². The van der Waals surface area contributed by atoms with Crippen molar-refractivity contribution in [1.82, 2.24) is 10.3 Å². The number of nitrogens with one attached hydrogen (secondary N) is 3. The minimum Gasteiger partial charge on any atom is -0.385 e. The number of anilines is 3. The van der Waals surface area contributed by atoms with Crippen LogP contribution in [-0.4, -0.2) is 17.6 Å². The minimum absolute atomic E-state index is 0.457. The fourth-order valence-corrected chi connectivity index (χ4v) is 3.49. The van der Waals surface area contributed by atoms with Crippen LogP contribution in [0.1, 0.15) is 12.8 Å². The molecule has 26 heavy (non-hydrogen) atoms. The van der Waals surface area contributed by atoms with Gasteiger partial charge in [0.25, 0.3) is 0 Å². The summed E-state index contributed by atoms with van der Waals surface area (Å²) in [6.07, 6.45) is 16.9. The van der Waals surface area contributed by atoms with Gasteiger partial charge in [0.1, 0.15) is 0 Å². The highest BCUT2D eigenvalue weighted by molar-refractivity contribution is 5.64. The van der Waals surface area contributed by atoms with Crippen molar-refractivity contribution in [3.05, 3.63) is 84.9 Å². The van der Waals surface area contributed by atoms with Crippen LogP contribution in [0.5, 0.6) is 0 Å². The van der Waals surface area contributed by atoms with Gasteiger partial charge in [-0.05, 0) is 54.9 Å². The zero-order valence-electron chi connectivity index (χ0n) is 14.7. The van der Waals surface area contributed by atoms with Crippen LogP contribution in [0.15, 0.2) is 84.9 Å². The lowest BCUT2D eigenvalue weighted by Gasteiger charge is -2.19. The quantitative estimate of drug-likeness (QED) is 0.642. The molecule has 2 unspecified atom stereocenters. The molecule has 0 spiro atoms. The first-order chi connectivity index (χ1) is 12.9. The molecule has 0 radical (unpaired) electrons. The van der Waals surface area contributed by atoms with E-state index in [2.05, 4.69) is 75.7 Å². The molecule has 2 atom stereocenters. The smallest absolute Gasteiger partial charge is 0.0542 e. The van der Waals surface area contributed by atoms with Gasteiger partial charge in [0.2, 0.25) is 0 Å². The molecule has 4 heteroatoms. The van der Waals surface area contributed by atoms with E-state index in [1.54, 1.807) is 12.4 Å². The molecule has 2 aromatic rings. The molecule has 1 aliphatic carbocycles. The maximum absolute atomic E-state index is 4.04. The molecule has 0 amide bonds. The first-order valence-electron chi connectivity index (χ1n) is 9.19. The average molecular weight is 344 g/mol. The number of pyridine rings is 1. The Morgan fingerprint density at radius 1 is 0.962 bits per heavy atom. The van der Waals surface area contributed by atoms with E-state index in [0.717, 1.165) is 36.4 Å². The second-order valence-corrected chi connectivity index (χ2v) is 6.68. The Morgan fingerprint density at radius 2 is 1.81 bits per heavy atom. The maximum Gasteiger partial charge on any atom is 0.0542 e. The number of nitrogens with zero attached hydrogens (tertiary/aromatic N) is 1. The van der Waals surface area contributed by atoms with Crippen LogP contribution in [-0.2, 0) is 0 Å². The average Bonchev–Trinajstić information content (AvgIpc) is 3.10. The first kappa shape index (κ1) is 16.5. The molecule has 1 aromatic heterocycles. The van der Waals surface area contributed by atoms with E-state index in [-0.39, 0.29) is 0 Å². The molecule has 0 saturated carbocycles. The summed E-state index contributed by atoms with van der Waals surface area (Å²) in [6.45, 7) is 0.965. The zero-order chi connectivity index (χ0) is 17.6. The lowest BCUT2D eigenvalue weighted by atomic mass is 9.89. The third-order valence-corrected chi connectivity index (χ3v) is 4.83. The van der Waals surface area contributed by atoms with Gasteiger partial charge in [-0.15, -0.1) is 0 Å². The zero-order valence-corrected chi connectivity index (χ0v) is 14.7. The number of aromatic nitrogens is 1. The molecule has 4 rings (SSSR count). The van der Waals surface area contributed by atoms with Gasteiger partial charge in [-0.1, -0.05) is 30.4 Å². The van der Waals surface area contributed by atoms with Crippen LogP contribution < -0.4 is 16.0 Å². The number of hydrogen-bond donors (Lipinski definition) is 3. The third kappa shape index (κ3) is 3.97. The predicted molar refractivity (Wildman–Crippen MR) is 108 cm³/mol. The summed E-state index contributed by atoms with van der Waals surface area (Å²) < 4.78 is 0. The van der Waals surface area contributed by atoms with Crippen molar-refractivity contribution in [1.29, 1.82) is 0 Å². The largest absolute Gasteiger partial charge is 0.385 e. The van der Waals surface area contributed by atoms with E-state index in [1.165, 1.54) is 5.57 Å². The Balaban J connectivity index is 1.26. The van der Waals surface area contributed by atoms with Crippen LogP contribution in [0, 0.1) is 5.92 Å². The molecule has 0 fully saturated rings. The molecule has 0 bridgehead atoms. The summed E-state index contributed by atoms with van der Waals surface area (Å²) in [4.78, 5) is 4.04. The lowest BCUT2D eigenvalue weighted by Crippen LogP contribution is -2.25. The highest BCUT2D eigenvalue weighted by atomic mass is 14.9. The fraction of sp³-hybridized carbons (Fsp3) is 0.227. The Labute approximate surface area is 154 Å². The monoisotopic (exact) mass is 344 g/mol. The number of benzene rings is 1. The van der Waals surface area contributed by atoms with Crippen LogP contribution in [0.25, 0.3) is 0 Å². The maximum atomic E-state index is 4.04. The van der Waals surface area contributed by atoms with Crippen molar-refractivity contribution < 1.29 is 0 Å². The number of allylic oxidation sites excluding steroid dienone is 2. The number of rotatable bonds is 7. The van der Waals surface area contributed by atoms with Crippen LogP contribution in [0.3, 0.4) is 0 Å². The lowest BCUT2D eigenvalue weighted by molar-refractivity contribution is 0.613. The molecular formula is C22H24N4. The normalized spacial score (nSPS) is 20.2. The van der Waals surface area contributed by atoms with Gasteiger partial charge in [-0.2, -0.15) is 0 Å². The Kier molecular flexibility index (Phi) is 5.01. The van der Waals surface area contributed by atoms with E-state index in [1.807, 2.05) is 12.1 Å². The van der Waals surface area contributed by atoms with Gasteiger partial charge in [-0.25, -0.2) is 0 Å². The van der Waals surface area contributed by atoms with Gasteiger partial charge < -0.3 is 16.0 Å². The van der Waals surface area contributed by atoms with Gasteiger partial charge >= 0.3 is 0 Å². The van der Waals surface area contributed by atoms with E-state index in [9.17, 15) is 0 Å². The predicted octanol–water partition coefficient (Wildman–Crippen LogP) is 4.62. The molecule has 132 valence electrons. The van der Waals surface area contributed by atoms with Crippen LogP contribution >= 0.6 is 0 Å². The van der Waals surface area contributed by atoms with Gasteiger partial charge in [0.05, 0.1) is 6.04 Å². The summed E-state index contributed by atoms with van der Waals surface area (Å²) >= 11 is 0. The van der Waals surface area contributed by atoms with Gasteiger partial charge in [0, 0.05) is 41.9 Å². The van der Waals surface area contributed by atoms with Gasteiger partial charge in [0.15, 0.2) is 0 Å². The second kappa shape index (κ2) is 7.91. The minimum atomic E-state index is 0.457. The van der Waals surface area contributed by atoms with E-state index in [4.69, 9.17) is 0 Å². The summed E-state index contributed by atoms with van der Waals surface area (Å²) in [5.41, 5.74) is 4.76.